The maximum Gasteiger partial charge on any atom is 0.288 e. The lowest BCUT2D eigenvalue weighted by molar-refractivity contribution is -0.117. The number of hydrogen-bond acceptors (Lipinski definition) is 3. The standard InChI is InChI=1S/C17H33NO4S/c1-4-6-7-8-9-10-11-12-13-14-15-17(3,23(20,21)22)18-16(19)5-2/h5H,2,4,6-15H2,1,3H3,(H,18,19)(H,20,21,22). The van der Waals surface area contributed by atoms with E-state index < -0.39 is 20.9 Å². The van der Waals surface area contributed by atoms with Crippen molar-refractivity contribution >= 4 is 16.0 Å². The number of rotatable bonds is 14. The van der Waals surface area contributed by atoms with Crippen LogP contribution in [0.3, 0.4) is 0 Å². The van der Waals surface area contributed by atoms with Gasteiger partial charge in [-0.3, -0.25) is 9.35 Å². The van der Waals surface area contributed by atoms with Crippen LogP contribution in [0.2, 0.25) is 0 Å². The molecule has 0 radical (unpaired) electrons. The van der Waals surface area contributed by atoms with Crippen molar-refractivity contribution < 1.29 is 17.8 Å². The van der Waals surface area contributed by atoms with Gasteiger partial charge in [-0.1, -0.05) is 71.3 Å². The molecule has 1 atom stereocenters. The minimum Gasteiger partial charge on any atom is -0.332 e. The molecule has 136 valence electrons. The van der Waals surface area contributed by atoms with E-state index in [9.17, 15) is 17.8 Å². The molecule has 1 amide bonds. The van der Waals surface area contributed by atoms with Gasteiger partial charge in [-0.15, -0.1) is 0 Å². The molecule has 0 aliphatic rings. The fourth-order valence-electron chi connectivity index (χ4n) is 2.52. The molecule has 1 unspecified atom stereocenters. The number of amides is 1. The number of carbonyl (C=O) groups is 1. The van der Waals surface area contributed by atoms with Crippen molar-refractivity contribution in [3.05, 3.63) is 12.7 Å². The van der Waals surface area contributed by atoms with Crippen molar-refractivity contribution in [2.75, 3.05) is 0 Å². The van der Waals surface area contributed by atoms with Crippen molar-refractivity contribution in [3.8, 4) is 0 Å². The van der Waals surface area contributed by atoms with Crippen LogP contribution in [-0.2, 0) is 14.9 Å². The Bertz CT molecular complexity index is 448. The van der Waals surface area contributed by atoms with Gasteiger partial charge in [0.15, 0.2) is 4.87 Å². The van der Waals surface area contributed by atoms with Gasteiger partial charge in [-0.25, -0.2) is 0 Å². The average molecular weight is 348 g/mol. The molecule has 0 bridgehead atoms. The normalized spacial score (nSPS) is 14.2. The first-order valence-corrected chi connectivity index (χ1v) is 10.1. The summed E-state index contributed by atoms with van der Waals surface area (Å²) in [6, 6.07) is 0. The number of unbranched alkanes of at least 4 members (excludes halogenated alkanes) is 9. The third-order valence-corrected chi connectivity index (χ3v) is 5.59. The Kier molecular flexibility index (Phi) is 11.2. The molecule has 0 heterocycles. The van der Waals surface area contributed by atoms with Crippen LogP contribution in [0, 0.1) is 0 Å². The van der Waals surface area contributed by atoms with Crippen LogP contribution in [0.4, 0.5) is 0 Å². The fraction of sp³-hybridized carbons (Fsp3) is 0.824. The Morgan fingerprint density at radius 1 is 1.04 bits per heavy atom. The summed E-state index contributed by atoms with van der Waals surface area (Å²) in [6.07, 6.45) is 12.6. The van der Waals surface area contributed by atoms with E-state index in [4.69, 9.17) is 0 Å². The SMILES string of the molecule is C=CC(=O)NC(C)(CCCCCCCCCCCC)S(=O)(=O)O. The first-order valence-electron chi connectivity index (χ1n) is 8.68. The summed E-state index contributed by atoms with van der Waals surface area (Å²) in [5.74, 6) is -0.600. The zero-order valence-corrected chi connectivity index (χ0v) is 15.5. The van der Waals surface area contributed by atoms with Crippen LogP contribution in [-0.4, -0.2) is 23.7 Å². The Morgan fingerprint density at radius 3 is 1.87 bits per heavy atom. The molecule has 5 nitrogen and oxygen atoms in total. The van der Waals surface area contributed by atoms with E-state index in [1.54, 1.807) is 0 Å². The fourth-order valence-corrected chi connectivity index (χ4v) is 3.15. The molecule has 6 heteroatoms. The van der Waals surface area contributed by atoms with Crippen molar-refractivity contribution in [1.29, 1.82) is 0 Å². The molecule has 0 rings (SSSR count). The number of hydrogen-bond donors (Lipinski definition) is 2. The van der Waals surface area contributed by atoms with Gasteiger partial charge in [-0.2, -0.15) is 8.42 Å². The highest BCUT2D eigenvalue weighted by Crippen LogP contribution is 2.21. The van der Waals surface area contributed by atoms with Crippen molar-refractivity contribution in [1.82, 2.24) is 5.32 Å². The monoisotopic (exact) mass is 347 g/mol. The van der Waals surface area contributed by atoms with Crippen LogP contribution < -0.4 is 5.32 Å². The maximum atomic E-state index is 11.5. The highest BCUT2D eigenvalue weighted by Gasteiger charge is 2.38. The zero-order valence-electron chi connectivity index (χ0n) is 14.6. The first-order chi connectivity index (χ1) is 10.8. The summed E-state index contributed by atoms with van der Waals surface area (Å²) >= 11 is 0. The third kappa shape index (κ3) is 9.76. The van der Waals surface area contributed by atoms with Crippen LogP contribution in [0.5, 0.6) is 0 Å². The lowest BCUT2D eigenvalue weighted by atomic mass is 10.0. The Labute approximate surface area is 141 Å². The summed E-state index contributed by atoms with van der Waals surface area (Å²) in [4.78, 5) is 9.71. The molecule has 2 N–H and O–H groups in total. The molecule has 0 spiro atoms. The summed E-state index contributed by atoms with van der Waals surface area (Å²) in [7, 11) is -4.36. The molecule has 0 aromatic rings. The van der Waals surface area contributed by atoms with Crippen molar-refractivity contribution in [2.45, 2.75) is 89.3 Å². The van der Waals surface area contributed by atoms with E-state index in [2.05, 4.69) is 18.8 Å². The molecule has 0 aromatic carbocycles. The molecule has 23 heavy (non-hydrogen) atoms. The topological polar surface area (TPSA) is 83.5 Å². The Morgan fingerprint density at radius 2 is 1.48 bits per heavy atom. The predicted molar refractivity (Wildman–Crippen MR) is 94.8 cm³/mol. The van der Waals surface area contributed by atoms with Gasteiger partial charge in [0, 0.05) is 0 Å². The molecule has 0 saturated heterocycles. The summed E-state index contributed by atoms with van der Waals surface area (Å²) in [5.41, 5.74) is 0. The van der Waals surface area contributed by atoms with Crippen LogP contribution in [0.15, 0.2) is 12.7 Å². The largest absolute Gasteiger partial charge is 0.332 e. The summed E-state index contributed by atoms with van der Waals surface area (Å²) in [5, 5.41) is 2.32. The van der Waals surface area contributed by atoms with Gasteiger partial charge in [0.1, 0.15) is 0 Å². The van der Waals surface area contributed by atoms with E-state index in [-0.39, 0.29) is 6.42 Å². The lowest BCUT2D eigenvalue weighted by Gasteiger charge is -2.27. The summed E-state index contributed by atoms with van der Waals surface area (Å²) < 4.78 is 32.4. The Hall–Kier alpha value is -0.880. The van der Waals surface area contributed by atoms with Crippen LogP contribution in [0.25, 0.3) is 0 Å². The number of carbonyl (C=O) groups excluding carboxylic acids is 1. The quantitative estimate of drug-likeness (QED) is 0.280. The average Bonchev–Trinajstić information content (AvgIpc) is 2.48. The minimum atomic E-state index is -4.36. The Balaban J connectivity index is 3.97. The first kappa shape index (κ1) is 22.1. The van der Waals surface area contributed by atoms with Crippen molar-refractivity contribution in [3.63, 3.8) is 0 Å². The maximum absolute atomic E-state index is 11.5. The van der Waals surface area contributed by atoms with Gasteiger partial charge in [-0.05, 0) is 25.8 Å². The number of nitrogens with one attached hydrogen (secondary N) is 1. The molecule has 0 aromatic heterocycles. The molecular formula is C17H33NO4S. The zero-order chi connectivity index (χ0) is 17.8. The second-order valence-corrected chi connectivity index (χ2v) is 8.18. The van der Waals surface area contributed by atoms with E-state index >= 15 is 0 Å². The van der Waals surface area contributed by atoms with Gasteiger partial charge in [0.2, 0.25) is 5.91 Å². The molecule has 0 aliphatic carbocycles. The van der Waals surface area contributed by atoms with Crippen LogP contribution >= 0.6 is 0 Å². The predicted octanol–water partition coefficient (Wildman–Crippen LogP) is 4.20. The second-order valence-electron chi connectivity index (χ2n) is 6.33. The smallest absolute Gasteiger partial charge is 0.288 e. The third-order valence-electron chi connectivity index (χ3n) is 4.15. The molecule has 0 fully saturated rings. The molecule has 0 saturated carbocycles. The summed E-state index contributed by atoms with van der Waals surface area (Å²) in [6.45, 7) is 6.83. The van der Waals surface area contributed by atoms with Crippen molar-refractivity contribution in [2.24, 2.45) is 0 Å². The molecular weight excluding hydrogens is 314 g/mol. The van der Waals surface area contributed by atoms with E-state index in [1.807, 2.05) is 0 Å². The van der Waals surface area contributed by atoms with Gasteiger partial charge >= 0.3 is 0 Å². The van der Waals surface area contributed by atoms with E-state index in [1.165, 1.54) is 45.4 Å². The van der Waals surface area contributed by atoms with Crippen LogP contribution in [0.1, 0.15) is 84.5 Å². The van der Waals surface area contributed by atoms with E-state index in [0.29, 0.717) is 6.42 Å². The van der Waals surface area contributed by atoms with Gasteiger partial charge in [0.25, 0.3) is 10.1 Å². The van der Waals surface area contributed by atoms with Gasteiger partial charge < -0.3 is 5.32 Å². The highest BCUT2D eigenvalue weighted by molar-refractivity contribution is 7.87. The second kappa shape index (κ2) is 11.6. The minimum absolute atomic E-state index is 0.196. The van der Waals surface area contributed by atoms with E-state index in [0.717, 1.165) is 25.3 Å². The highest BCUT2D eigenvalue weighted by atomic mass is 32.2. The lowest BCUT2D eigenvalue weighted by Crippen LogP contribution is -2.51. The van der Waals surface area contributed by atoms with Gasteiger partial charge in [0.05, 0.1) is 0 Å². The molecule has 0 aliphatic heterocycles.